The fraction of sp³-hybridized carbons (Fsp3) is 0.480. The highest BCUT2D eigenvalue weighted by molar-refractivity contribution is 5.84. The number of aliphatic hydroxyl groups is 1. The topological polar surface area (TPSA) is 56.3 Å². The predicted octanol–water partition coefficient (Wildman–Crippen LogP) is 4.20. The standard InChI is InChI=1S/C25H32F3N3O3/c1-4-30(5-2)20-10-8-19(9-11-20)23-29(3)22(15-17-32)24(33)31(23)16-14-18-6-12-21(13-7-18)34-25(26,27)28/h6-13,22-23,32H,4-5,14-17H2,1-3H3/t22-,23?/m0/s1. The molecule has 186 valence electrons. The number of halogens is 3. The summed E-state index contributed by atoms with van der Waals surface area (Å²) < 4.78 is 41.1. The second kappa shape index (κ2) is 11.1. The third-order valence-electron chi connectivity index (χ3n) is 6.26. The van der Waals surface area contributed by atoms with Crippen LogP contribution < -0.4 is 9.64 Å². The lowest BCUT2D eigenvalue weighted by Crippen LogP contribution is -2.33. The van der Waals surface area contributed by atoms with Gasteiger partial charge in [0.1, 0.15) is 11.9 Å². The molecule has 1 N–H and O–H groups in total. The van der Waals surface area contributed by atoms with Gasteiger partial charge in [0.25, 0.3) is 0 Å². The number of likely N-dealkylation sites (N-methyl/N-ethyl adjacent to an activating group) is 1. The molecular formula is C25H32F3N3O3. The van der Waals surface area contributed by atoms with E-state index in [0.29, 0.717) is 19.4 Å². The smallest absolute Gasteiger partial charge is 0.406 e. The molecule has 1 amide bonds. The molecule has 1 aliphatic heterocycles. The lowest BCUT2D eigenvalue weighted by Gasteiger charge is -2.30. The van der Waals surface area contributed by atoms with Gasteiger partial charge in [-0.3, -0.25) is 9.69 Å². The number of carbonyl (C=O) groups excluding carboxylic acids is 1. The van der Waals surface area contributed by atoms with Gasteiger partial charge in [-0.15, -0.1) is 13.2 Å². The molecule has 0 spiro atoms. The molecule has 0 aliphatic carbocycles. The summed E-state index contributed by atoms with van der Waals surface area (Å²) in [4.78, 5) is 19.2. The van der Waals surface area contributed by atoms with Crippen molar-refractivity contribution in [3.8, 4) is 5.75 Å². The van der Waals surface area contributed by atoms with E-state index in [4.69, 9.17) is 0 Å². The van der Waals surface area contributed by atoms with Gasteiger partial charge in [0, 0.05) is 31.9 Å². The third kappa shape index (κ3) is 6.01. The van der Waals surface area contributed by atoms with Gasteiger partial charge in [0.2, 0.25) is 5.91 Å². The first kappa shape index (κ1) is 25.8. The number of rotatable bonds is 10. The molecule has 2 atom stereocenters. The molecule has 1 saturated heterocycles. The number of aliphatic hydroxyl groups excluding tert-OH is 1. The van der Waals surface area contributed by atoms with E-state index < -0.39 is 12.4 Å². The number of benzene rings is 2. The lowest BCUT2D eigenvalue weighted by atomic mass is 10.1. The number of anilines is 1. The van der Waals surface area contributed by atoms with Gasteiger partial charge in [-0.05, 0) is 69.1 Å². The number of ether oxygens (including phenoxy) is 1. The van der Waals surface area contributed by atoms with E-state index in [1.54, 1.807) is 17.0 Å². The van der Waals surface area contributed by atoms with Gasteiger partial charge in [0.05, 0.1) is 6.04 Å². The van der Waals surface area contributed by atoms with Gasteiger partial charge >= 0.3 is 6.36 Å². The Morgan fingerprint density at radius 2 is 1.65 bits per heavy atom. The molecule has 2 aromatic rings. The van der Waals surface area contributed by atoms with E-state index in [1.165, 1.54) is 12.1 Å². The second-order valence-corrected chi connectivity index (χ2v) is 8.30. The molecule has 6 nitrogen and oxygen atoms in total. The Hall–Kier alpha value is -2.78. The number of hydrogen-bond acceptors (Lipinski definition) is 5. The monoisotopic (exact) mass is 479 g/mol. The number of carbonyl (C=O) groups is 1. The van der Waals surface area contributed by atoms with Crippen LogP contribution in [0.3, 0.4) is 0 Å². The SMILES string of the molecule is CCN(CC)c1ccc(C2N(CCc3ccc(OC(F)(F)F)cc3)C(=O)[C@H](CCO)N2C)cc1. The van der Waals surface area contributed by atoms with Crippen molar-refractivity contribution in [1.82, 2.24) is 9.80 Å². The first-order chi connectivity index (χ1) is 16.2. The van der Waals surface area contributed by atoms with Crippen LogP contribution in [0.25, 0.3) is 0 Å². The molecule has 34 heavy (non-hydrogen) atoms. The summed E-state index contributed by atoms with van der Waals surface area (Å²) in [7, 11) is 1.88. The largest absolute Gasteiger partial charge is 0.573 e. The van der Waals surface area contributed by atoms with E-state index >= 15 is 0 Å². The van der Waals surface area contributed by atoms with Gasteiger partial charge in [-0.2, -0.15) is 0 Å². The first-order valence-corrected chi connectivity index (χ1v) is 11.5. The van der Waals surface area contributed by atoms with Crippen molar-refractivity contribution in [3.05, 3.63) is 59.7 Å². The summed E-state index contributed by atoms with van der Waals surface area (Å²) in [5, 5.41) is 9.48. The number of nitrogens with zero attached hydrogens (tertiary/aromatic N) is 3. The molecule has 0 bridgehead atoms. The summed E-state index contributed by atoms with van der Waals surface area (Å²) in [6.07, 6.45) is -4.21. The Balaban J connectivity index is 1.78. The van der Waals surface area contributed by atoms with Crippen LogP contribution in [0.5, 0.6) is 5.75 Å². The zero-order valence-electron chi connectivity index (χ0n) is 19.8. The Morgan fingerprint density at radius 1 is 1.03 bits per heavy atom. The van der Waals surface area contributed by atoms with Gasteiger partial charge < -0.3 is 19.6 Å². The van der Waals surface area contributed by atoms with Crippen molar-refractivity contribution in [2.75, 3.05) is 38.2 Å². The van der Waals surface area contributed by atoms with Crippen molar-refractivity contribution in [2.45, 2.75) is 45.3 Å². The Kier molecular flexibility index (Phi) is 8.43. The second-order valence-electron chi connectivity index (χ2n) is 8.30. The zero-order chi connectivity index (χ0) is 24.9. The summed E-state index contributed by atoms with van der Waals surface area (Å²) in [6.45, 7) is 6.30. The molecule has 1 fully saturated rings. The number of hydrogen-bond donors (Lipinski definition) is 1. The van der Waals surface area contributed by atoms with Crippen LogP contribution in [-0.4, -0.2) is 66.5 Å². The van der Waals surface area contributed by atoms with Crippen LogP contribution in [0.15, 0.2) is 48.5 Å². The van der Waals surface area contributed by atoms with Gasteiger partial charge in [0.15, 0.2) is 0 Å². The molecule has 1 heterocycles. The summed E-state index contributed by atoms with van der Waals surface area (Å²) >= 11 is 0. The van der Waals surface area contributed by atoms with Crippen LogP contribution in [0.2, 0.25) is 0 Å². The van der Waals surface area contributed by atoms with E-state index in [-0.39, 0.29) is 24.4 Å². The molecule has 0 aromatic heterocycles. The molecule has 1 aliphatic rings. The maximum atomic E-state index is 13.2. The van der Waals surface area contributed by atoms with E-state index in [2.05, 4.69) is 35.6 Å². The minimum Gasteiger partial charge on any atom is -0.406 e. The number of amides is 1. The highest BCUT2D eigenvalue weighted by Crippen LogP contribution is 2.35. The molecule has 0 saturated carbocycles. The molecule has 9 heteroatoms. The van der Waals surface area contributed by atoms with E-state index in [9.17, 15) is 23.1 Å². The van der Waals surface area contributed by atoms with Crippen LogP contribution in [0.1, 0.15) is 37.6 Å². The highest BCUT2D eigenvalue weighted by Gasteiger charge is 2.43. The minimum atomic E-state index is -4.73. The quantitative estimate of drug-likeness (QED) is 0.554. The highest BCUT2D eigenvalue weighted by atomic mass is 19.4. The fourth-order valence-electron chi connectivity index (χ4n) is 4.53. The molecule has 0 radical (unpaired) electrons. The number of alkyl halides is 3. The van der Waals surface area contributed by atoms with Crippen molar-refractivity contribution in [2.24, 2.45) is 0 Å². The minimum absolute atomic E-state index is 0.0635. The van der Waals surface area contributed by atoms with Crippen molar-refractivity contribution < 1.29 is 27.8 Å². The van der Waals surface area contributed by atoms with E-state index in [1.807, 2.05) is 24.1 Å². The van der Waals surface area contributed by atoms with Crippen molar-refractivity contribution >= 4 is 11.6 Å². The van der Waals surface area contributed by atoms with Crippen LogP contribution in [-0.2, 0) is 11.2 Å². The van der Waals surface area contributed by atoms with Crippen LogP contribution in [0, 0.1) is 0 Å². The molecule has 1 unspecified atom stereocenters. The summed E-state index contributed by atoms with van der Waals surface area (Å²) in [6, 6.07) is 13.4. The summed E-state index contributed by atoms with van der Waals surface area (Å²) in [5.74, 6) is -0.339. The van der Waals surface area contributed by atoms with Crippen LogP contribution >= 0.6 is 0 Å². The first-order valence-electron chi connectivity index (χ1n) is 11.5. The van der Waals surface area contributed by atoms with Gasteiger partial charge in [-0.25, -0.2) is 0 Å². The average Bonchev–Trinajstić information content (AvgIpc) is 3.03. The fourth-order valence-corrected chi connectivity index (χ4v) is 4.53. The normalized spacial score (nSPS) is 19.0. The third-order valence-corrected chi connectivity index (χ3v) is 6.26. The van der Waals surface area contributed by atoms with Crippen molar-refractivity contribution in [3.63, 3.8) is 0 Å². The van der Waals surface area contributed by atoms with Gasteiger partial charge in [-0.1, -0.05) is 24.3 Å². The predicted molar refractivity (Wildman–Crippen MR) is 125 cm³/mol. The Labute approximate surface area is 198 Å². The molecule has 3 rings (SSSR count). The molecular weight excluding hydrogens is 447 g/mol. The summed E-state index contributed by atoms with van der Waals surface area (Å²) in [5.41, 5.74) is 2.88. The average molecular weight is 480 g/mol. The Morgan fingerprint density at radius 3 is 2.18 bits per heavy atom. The maximum Gasteiger partial charge on any atom is 0.573 e. The molecule has 2 aromatic carbocycles. The van der Waals surface area contributed by atoms with Crippen molar-refractivity contribution in [1.29, 1.82) is 0 Å². The zero-order valence-corrected chi connectivity index (χ0v) is 19.8. The lowest BCUT2D eigenvalue weighted by molar-refractivity contribution is -0.274. The maximum absolute atomic E-state index is 13.2. The van der Waals surface area contributed by atoms with E-state index in [0.717, 1.165) is 29.9 Å². The van der Waals surface area contributed by atoms with Crippen LogP contribution in [0.4, 0.5) is 18.9 Å². The Bertz CT molecular complexity index is 931.